The van der Waals surface area contributed by atoms with Crippen LogP contribution in [0.4, 0.5) is 0 Å². The number of thiophene rings is 1. The Morgan fingerprint density at radius 2 is 2.37 bits per heavy atom. The van der Waals surface area contributed by atoms with Crippen LogP contribution in [0.5, 0.6) is 0 Å². The van der Waals surface area contributed by atoms with Crippen molar-refractivity contribution in [1.29, 1.82) is 0 Å². The number of aliphatic hydroxyl groups is 1. The van der Waals surface area contributed by atoms with Crippen LogP contribution in [0.25, 0.3) is 0 Å². The molecule has 6 nitrogen and oxygen atoms in total. The highest BCUT2D eigenvalue weighted by Crippen LogP contribution is 2.07. The number of aliphatic hydroxyl groups excluding tert-OH is 1. The van der Waals surface area contributed by atoms with E-state index in [1.165, 1.54) is 9.56 Å². The average Bonchev–Trinajstić information content (AvgIpc) is 3.02. The largest absolute Gasteiger partial charge is 0.396 e. The minimum Gasteiger partial charge on any atom is -0.396 e. The third-order valence-electron chi connectivity index (χ3n) is 2.53. The van der Waals surface area contributed by atoms with E-state index in [0.717, 1.165) is 6.42 Å². The standard InChI is InChI=1S/C12H16N4O2S/c17-6-4-10-8-16(15-14-10)9-12(18)13-5-3-11-2-1-7-19-11/h1-2,7-8,17H,3-6,9H2,(H,13,18). The monoisotopic (exact) mass is 280 g/mol. The molecule has 0 unspecified atom stereocenters. The van der Waals surface area contributed by atoms with Crippen LogP contribution in [0, 0.1) is 0 Å². The Bertz CT molecular complexity index is 510. The Labute approximate surface area is 115 Å². The third-order valence-corrected chi connectivity index (χ3v) is 3.47. The van der Waals surface area contributed by atoms with Crippen molar-refractivity contribution in [2.75, 3.05) is 13.2 Å². The van der Waals surface area contributed by atoms with Gasteiger partial charge in [0, 0.05) is 30.6 Å². The number of hydrogen-bond donors (Lipinski definition) is 2. The number of amides is 1. The number of aromatic nitrogens is 3. The van der Waals surface area contributed by atoms with Gasteiger partial charge in [0.05, 0.1) is 5.69 Å². The minimum absolute atomic E-state index is 0.0334. The summed E-state index contributed by atoms with van der Waals surface area (Å²) in [5.74, 6) is -0.0861. The minimum atomic E-state index is -0.0861. The summed E-state index contributed by atoms with van der Waals surface area (Å²) in [6.07, 6.45) is 2.98. The molecule has 0 aliphatic carbocycles. The first-order valence-electron chi connectivity index (χ1n) is 6.07. The predicted molar refractivity (Wildman–Crippen MR) is 71.8 cm³/mol. The van der Waals surface area contributed by atoms with Gasteiger partial charge in [0.1, 0.15) is 6.54 Å². The summed E-state index contributed by atoms with van der Waals surface area (Å²) in [7, 11) is 0. The Kier molecular flexibility index (Phi) is 5.05. The van der Waals surface area contributed by atoms with Gasteiger partial charge in [-0.2, -0.15) is 0 Å². The number of rotatable bonds is 7. The van der Waals surface area contributed by atoms with Crippen molar-refractivity contribution in [3.8, 4) is 0 Å². The lowest BCUT2D eigenvalue weighted by atomic mass is 10.3. The molecule has 7 heteroatoms. The summed E-state index contributed by atoms with van der Waals surface area (Å²) >= 11 is 1.68. The highest BCUT2D eigenvalue weighted by Gasteiger charge is 2.05. The van der Waals surface area contributed by atoms with Crippen molar-refractivity contribution in [3.63, 3.8) is 0 Å². The predicted octanol–water partition coefficient (Wildman–Crippen LogP) is 0.233. The zero-order chi connectivity index (χ0) is 13.5. The van der Waals surface area contributed by atoms with E-state index < -0.39 is 0 Å². The molecule has 19 heavy (non-hydrogen) atoms. The van der Waals surface area contributed by atoms with E-state index in [9.17, 15) is 4.79 Å². The lowest BCUT2D eigenvalue weighted by Crippen LogP contribution is -2.29. The second kappa shape index (κ2) is 7.01. The Hall–Kier alpha value is -1.73. The molecule has 0 aliphatic heterocycles. The first-order chi connectivity index (χ1) is 9.28. The van der Waals surface area contributed by atoms with Crippen molar-refractivity contribution < 1.29 is 9.90 Å². The molecule has 0 radical (unpaired) electrons. The molecule has 102 valence electrons. The second-order valence-corrected chi connectivity index (χ2v) is 5.09. The topological polar surface area (TPSA) is 80.0 Å². The third kappa shape index (κ3) is 4.46. The quantitative estimate of drug-likeness (QED) is 0.761. The van der Waals surface area contributed by atoms with E-state index in [2.05, 4.69) is 21.7 Å². The van der Waals surface area contributed by atoms with Gasteiger partial charge in [-0.25, -0.2) is 4.68 Å². The number of nitrogens with one attached hydrogen (secondary N) is 1. The van der Waals surface area contributed by atoms with Gasteiger partial charge in [0.15, 0.2) is 0 Å². The van der Waals surface area contributed by atoms with E-state index in [1.807, 2.05) is 11.4 Å². The van der Waals surface area contributed by atoms with Crippen molar-refractivity contribution in [3.05, 3.63) is 34.3 Å². The normalized spacial score (nSPS) is 10.6. The zero-order valence-electron chi connectivity index (χ0n) is 10.5. The van der Waals surface area contributed by atoms with Crippen LogP contribution in [0.2, 0.25) is 0 Å². The van der Waals surface area contributed by atoms with Gasteiger partial charge in [-0.3, -0.25) is 4.79 Å². The van der Waals surface area contributed by atoms with Crippen LogP contribution in [0.1, 0.15) is 10.6 Å². The van der Waals surface area contributed by atoms with Gasteiger partial charge >= 0.3 is 0 Å². The SMILES string of the molecule is O=C(Cn1cc(CCO)nn1)NCCc1cccs1. The maximum atomic E-state index is 11.7. The molecule has 1 amide bonds. The molecule has 0 aromatic carbocycles. The van der Waals surface area contributed by atoms with Crippen LogP contribution in [-0.4, -0.2) is 39.2 Å². The fourth-order valence-corrected chi connectivity index (χ4v) is 2.34. The Balaban J connectivity index is 1.71. The summed E-state index contributed by atoms with van der Waals surface area (Å²) in [5.41, 5.74) is 0.689. The number of hydrogen-bond acceptors (Lipinski definition) is 5. The molecule has 2 aromatic heterocycles. The highest BCUT2D eigenvalue weighted by molar-refractivity contribution is 7.09. The molecule has 2 N–H and O–H groups in total. The number of carbonyl (C=O) groups is 1. The smallest absolute Gasteiger partial charge is 0.241 e. The summed E-state index contributed by atoms with van der Waals surface area (Å²) in [6, 6.07) is 4.05. The fraction of sp³-hybridized carbons (Fsp3) is 0.417. The highest BCUT2D eigenvalue weighted by atomic mass is 32.1. The molecule has 0 spiro atoms. The fourth-order valence-electron chi connectivity index (χ4n) is 1.63. The van der Waals surface area contributed by atoms with Crippen molar-refractivity contribution >= 4 is 17.2 Å². The molecule has 0 atom stereocenters. The maximum Gasteiger partial charge on any atom is 0.241 e. The van der Waals surface area contributed by atoms with Gasteiger partial charge in [0.2, 0.25) is 5.91 Å². The van der Waals surface area contributed by atoms with Crippen LogP contribution in [0.15, 0.2) is 23.7 Å². The summed E-state index contributed by atoms with van der Waals surface area (Å²) < 4.78 is 1.48. The van der Waals surface area contributed by atoms with Crippen molar-refractivity contribution in [2.45, 2.75) is 19.4 Å². The molecule has 0 saturated heterocycles. The van der Waals surface area contributed by atoms with Crippen molar-refractivity contribution in [1.82, 2.24) is 20.3 Å². The van der Waals surface area contributed by atoms with Gasteiger partial charge in [-0.15, -0.1) is 16.4 Å². The van der Waals surface area contributed by atoms with Gasteiger partial charge in [-0.05, 0) is 17.9 Å². The molecule has 2 rings (SSSR count). The Morgan fingerprint density at radius 3 is 3.11 bits per heavy atom. The lowest BCUT2D eigenvalue weighted by Gasteiger charge is -2.03. The molecule has 0 bridgehead atoms. The molecule has 2 aromatic rings. The molecule has 2 heterocycles. The van der Waals surface area contributed by atoms with E-state index in [0.29, 0.717) is 18.7 Å². The van der Waals surface area contributed by atoms with Gasteiger partial charge < -0.3 is 10.4 Å². The summed E-state index contributed by atoms with van der Waals surface area (Å²) in [6.45, 7) is 0.812. The zero-order valence-corrected chi connectivity index (χ0v) is 11.3. The van der Waals surface area contributed by atoms with Crippen LogP contribution < -0.4 is 5.32 Å². The average molecular weight is 280 g/mol. The Morgan fingerprint density at radius 1 is 1.47 bits per heavy atom. The molecule has 0 fully saturated rings. The van der Waals surface area contributed by atoms with E-state index in [4.69, 9.17) is 5.11 Å². The first kappa shape index (κ1) is 13.7. The summed E-state index contributed by atoms with van der Waals surface area (Å²) in [4.78, 5) is 12.9. The van der Waals surface area contributed by atoms with Crippen LogP contribution >= 0.6 is 11.3 Å². The molecule has 0 aliphatic rings. The number of nitrogens with zero attached hydrogens (tertiary/aromatic N) is 3. The van der Waals surface area contributed by atoms with Crippen LogP contribution in [0.3, 0.4) is 0 Å². The molecular weight excluding hydrogens is 264 g/mol. The maximum absolute atomic E-state index is 11.7. The second-order valence-electron chi connectivity index (χ2n) is 4.06. The number of carbonyl (C=O) groups excluding carboxylic acids is 1. The van der Waals surface area contributed by atoms with Crippen molar-refractivity contribution in [2.24, 2.45) is 0 Å². The summed E-state index contributed by atoms with van der Waals surface area (Å²) in [5, 5.41) is 21.3. The van der Waals surface area contributed by atoms with E-state index in [-0.39, 0.29) is 19.1 Å². The lowest BCUT2D eigenvalue weighted by molar-refractivity contribution is -0.121. The van der Waals surface area contributed by atoms with Crippen LogP contribution in [-0.2, 0) is 24.2 Å². The van der Waals surface area contributed by atoms with E-state index >= 15 is 0 Å². The molecular formula is C12H16N4O2S. The van der Waals surface area contributed by atoms with Gasteiger partial charge in [0.25, 0.3) is 0 Å². The molecule has 0 saturated carbocycles. The van der Waals surface area contributed by atoms with Gasteiger partial charge in [-0.1, -0.05) is 11.3 Å². The van der Waals surface area contributed by atoms with E-state index in [1.54, 1.807) is 17.5 Å². The first-order valence-corrected chi connectivity index (χ1v) is 6.95.